The molecule has 0 spiro atoms. The Hall–Kier alpha value is -2.97. The average molecular weight is 642 g/mol. The molecule has 0 aliphatic rings. The first-order valence-electron chi connectivity index (χ1n) is 9.91. The summed E-state index contributed by atoms with van der Waals surface area (Å²) in [4.78, 5) is 7.11. The van der Waals surface area contributed by atoms with Crippen LogP contribution < -0.4 is 4.74 Å². The standard InChI is InChI=1S/C19H9F19N2O/c1-7-10(40-9-5-3-2-4-8(9)39-7)41-6-11(20,21)12(22,23)13(24,25)14(26,27)15(28,29)16(30,31)17(32,33)18(34,35)19(36,37)38/h2-5H,6H2,1H3. The van der Waals surface area contributed by atoms with E-state index in [1.807, 2.05) is 0 Å². The maximum atomic E-state index is 14.0. The number of benzene rings is 1. The number of para-hydroxylation sites is 2. The van der Waals surface area contributed by atoms with Crippen LogP contribution in [0.1, 0.15) is 5.69 Å². The first kappa shape index (κ1) is 34.2. The van der Waals surface area contributed by atoms with E-state index in [9.17, 15) is 83.4 Å². The van der Waals surface area contributed by atoms with Crippen LogP contribution >= 0.6 is 0 Å². The minimum absolute atomic E-state index is 0.0108. The Morgan fingerprint density at radius 3 is 1.24 bits per heavy atom. The van der Waals surface area contributed by atoms with Gasteiger partial charge >= 0.3 is 53.6 Å². The van der Waals surface area contributed by atoms with Crippen molar-refractivity contribution in [2.75, 3.05) is 6.61 Å². The van der Waals surface area contributed by atoms with Gasteiger partial charge in [-0.15, -0.1) is 0 Å². The second-order valence-electron chi connectivity index (χ2n) is 8.11. The van der Waals surface area contributed by atoms with Crippen molar-refractivity contribution in [3.63, 3.8) is 0 Å². The van der Waals surface area contributed by atoms with Crippen molar-refractivity contribution in [1.29, 1.82) is 0 Å². The van der Waals surface area contributed by atoms with E-state index >= 15 is 0 Å². The molecule has 1 heterocycles. The Bertz CT molecular complexity index is 1270. The van der Waals surface area contributed by atoms with E-state index in [0.29, 0.717) is 0 Å². The number of ether oxygens (including phenoxy) is 1. The number of hydrogen-bond donors (Lipinski definition) is 0. The normalized spacial score (nSPS) is 15.4. The molecule has 0 saturated heterocycles. The summed E-state index contributed by atoms with van der Waals surface area (Å²) in [5.41, 5.74) is -0.755. The summed E-state index contributed by atoms with van der Waals surface area (Å²) in [6.45, 7) is -2.28. The molecule has 0 saturated carbocycles. The van der Waals surface area contributed by atoms with Gasteiger partial charge in [-0.25, -0.2) is 9.97 Å². The zero-order valence-corrected chi connectivity index (χ0v) is 19.0. The van der Waals surface area contributed by atoms with Crippen LogP contribution in [-0.2, 0) is 0 Å². The van der Waals surface area contributed by atoms with Gasteiger partial charge in [0.25, 0.3) is 0 Å². The lowest BCUT2D eigenvalue weighted by atomic mass is 9.87. The zero-order chi connectivity index (χ0) is 32.5. The quantitative estimate of drug-likeness (QED) is 0.247. The Morgan fingerprint density at radius 2 is 0.854 bits per heavy atom. The fourth-order valence-corrected chi connectivity index (χ4v) is 2.85. The van der Waals surface area contributed by atoms with Crippen molar-refractivity contribution in [1.82, 2.24) is 9.97 Å². The summed E-state index contributed by atoms with van der Waals surface area (Å²) in [5.74, 6) is -68.3. The van der Waals surface area contributed by atoms with Crippen molar-refractivity contribution in [3.8, 4) is 5.88 Å². The van der Waals surface area contributed by atoms with E-state index in [2.05, 4.69) is 14.7 Å². The maximum absolute atomic E-state index is 14.0. The zero-order valence-electron chi connectivity index (χ0n) is 19.0. The van der Waals surface area contributed by atoms with E-state index in [1.165, 1.54) is 18.2 Å². The highest BCUT2D eigenvalue weighted by Gasteiger charge is 2.96. The van der Waals surface area contributed by atoms with E-state index < -0.39 is 71.7 Å². The van der Waals surface area contributed by atoms with Crippen LogP contribution in [0.5, 0.6) is 5.88 Å². The predicted octanol–water partition coefficient (Wildman–Crippen LogP) is 7.96. The van der Waals surface area contributed by atoms with Gasteiger partial charge in [0.15, 0.2) is 6.61 Å². The Morgan fingerprint density at radius 1 is 0.512 bits per heavy atom. The molecular weight excluding hydrogens is 633 g/mol. The van der Waals surface area contributed by atoms with Gasteiger partial charge in [0.1, 0.15) is 5.69 Å². The van der Waals surface area contributed by atoms with Gasteiger partial charge in [-0.05, 0) is 19.1 Å². The Kier molecular flexibility index (Phi) is 7.96. The Labute approximate surface area is 213 Å². The van der Waals surface area contributed by atoms with Crippen LogP contribution in [0.4, 0.5) is 83.4 Å². The van der Waals surface area contributed by atoms with Crippen molar-refractivity contribution in [2.24, 2.45) is 0 Å². The smallest absolute Gasteiger partial charge is 0.460 e. The molecule has 0 amide bonds. The molecule has 0 atom stereocenters. The summed E-state index contributed by atoms with van der Waals surface area (Å²) < 4.78 is 258. The van der Waals surface area contributed by atoms with Gasteiger partial charge in [0, 0.05) is 0 Å². The second kappa shape index (κ2) is 9.53. The highest BCUT2D eigenvalue weighted by atomic mass is 19.4. The van der Waals surface area contributed by atoms with Gasteiger partial charge in [-0.2, -0.15) is 83.4 Å². The van der Waals surface area contributed by atoms with Crippen molar-refractivity contribution < 1.29 is 88.2 Å². The van der Waals surface area contributed by atoms with Crippen molar-refractivity contribution in [2.45, 2.75) is 60.5 Å². The van der Waals surface area contributed by atoms with Crippen LogP contribution in [0.2, 0.25) is 0 Å². The van der Waals surface area contributed by atoms with Gasteiger partial charge in [0.2, 0.25) is 5.88 Å². The number of halogens is 19. The SMILES string of the molecule is Cc1nc2ccccc2nc1OCC(F)(F)C(F)(F)C(F)(F)C(F)(F)C(F)(F)C(F)(F)C(F)(F)C(F)(F)C(F)(F)F. The van der Waals surface area contributed by atoms with Gasteiger partial charge < -0.3 is 4.74 Å². The monoisotopic (exact) mass is 642 g/mol. The summed E-state index contributed by atoms with van der Waals surface area (Å²) in [6, 6.07) is 4.99. The number of rotatable bonds is 10. The van der Waals surface area contributed by atoms with Crippen molar-refractivity contribution in [3.05, 3.63) is 30.0 Å². The molecule has 1 aromatic heterocycles. The first-order chi connectivity index (χ1) is 18.0. The van der Waals surface area contributed by atoms with E-state index in [1.54, 1.807) is 0 Å². The molecule has 22 heteroatoms. The van der Waals surface area contributed by atoms with Gasteiger partial charge in [0.05, 0.1) is 11.0 Å². The van der Waals surface area contributed by atoms with Crippen LogP contribution in [0.25, 0.3) is 11.0 Å². The first-order valence-corrected chi connectivity index (χ1v) is 9.91. The van der Waals surface area contributed by atoms with Gasteiger partial charge in [-0.3, -0.25) is 0 Å². The molecule has 41 heavy (non-hydrogen) atoms. The molecule has 0 fully saturated rings. The van der Waals surface area contributed by atoms with E-state index in [4.69, 9.17) is 0 Å². The number of aromatic nitrogens is 2. The molecule has 0 aliphatic heterocycles. The summed E-state index contributed by atoms with van der Waals surface area (Å²) in [7, 11) is 0. The van der Waals surface area contributed by atoms with Crippen LogP contribution in [0, 0.1) is 6.92 Å². The fraction of sp³-hybridized carbons (Fsp3) is 0.579. The second-order valence-corrected chi connectivity index (χ2v) is 8.11. The van der Waals surface area contributed by atoms with E-state index in [-0.39, 0.29) is 11.0 Å². The molecule has 234 valence electrons. The van der Waals surface area contributed by atoms with Crippen LogP contribution in [0.15, 0.2) is 24.3 Å². The lowest BCUT2D eigenvalue weighted by Gasteiger charge is -2.43. The molecule has 0 bridgehead atoms. The maximum Gasteiger partial charge on any atom is 0.460 e. The molecular formula is C19H9F19N2O. The third kappa shape index (κ3) is 4.73. The van der Waals surface area contributed by atoms with Crippen LogP contribution in [0.3, 0.4) is 0 Å². The molecule has 2 aromatic rings. The molecule has 0 unspecified atom stereocenters. The fourth-order valence-electron chi connectivity index (χ4n) is 2.85. The minimum atomic E-state index is -8.97. The van der Waals surface area contributed by atoms with Crippen molar-refractivity contribution >= 4 is 11.0 Å². The number of alkyl halides is 19. The molecule has 0 radical (unpaired) electrons. The number of fused-ring (bicyclic) bond motifs is 1. The summed E-state index contributed by atoms with van der Waals surface area (Å²) in [6.07, 6.45) is -7.92. The lowest BCUT2D eigenvalue weighted by Crippen LogP contribution is -2.76. The molecule has 0 aliphatic carbocycles. The highest BCUT2D eigenvalue weighted by Crippen LogP contribution is 2.65. The summed E-state index contributed by atoms with van der Waals surface area (Å²) in [5, 5.41) is 0. The largest absolute Gasteiger partial charge is 0.470 e. The third-order valence-corrected chi connectivity index (χ3v) is 5.27. The molecule has 0 N–H and O–H groups in total. The predicted molar refractivity (Wildman–Crippen MR) is 95.4 cm³/mol. The molecule has 1 aromatic carbocycles. The lowest BCUT2D eigenvalue weighted by molar-refractivity contribution is -0.469. The van der Waals surface area contributed by atoms with Gasteiger partial charge in [-0.1, -0.05) is 12.1 Å². The van der Waals surface area contributed by atoms with E-state index in [0.717, 1.165) is 13.0 Å². The number of hydrogen-bond acceptors (Lipinski definition) is 3. The molecule has 3 nitrogen and oxygen atoms in total. The Balaban J connectivity index is 2.52. The minimum Gasteiger partial charge on any atom is -0.470 e. The van der Waals surface area contributed by atoms with Crippen LogP contribution in [-0.4, -0.2) is 70.1 Å². The highest BCUT2D eigenvalue weighted by molar-refractivity contribution is 5.74. The average Bonchev–Trinajstić information content (AvgIpc) is 2.81. The summed E-state index contributed by atoms with van der Waals surface area (Å²) >= 11 is 0. The topological polar surface area (TPSA) is 35.0 Å². The molecule has 2 rings (SSSR count). The number of nitrogens with zero attached hydrogens (tertiary/aromatic N) is 2. The third-order valence-electron chi connectivity index (χ3n) is 5.27. The number of aryl methyl sites for hydroxylation is 1.